The Morgan fingerprint density at radius 1 is 1.67 bits per heavy atom. The van der Waals surface area contributed by atoms with Gasteiger partial charge >= 0.3 is 5.97 Å². The van der Waals surface area contributed by atoms with Crippen molar-refractivity contribution in [3.63, 3.8) is 0 Å². The van der Waals surface area contributed by atoms with Crippen LogP contribution in [-0.2, 0) is 0 Å². The van der Waals surface area contributed by atoms with Crippen molar-refractivity contribution < 1.29 is 9.90 Å². The van der Waals surface area contributed by atoms with E-state index in [1.165, 1.54) is 6.20 Å². The first-order valence-electron chi connectivity index (χ1n) is 3.06. The van der Waals surface area contributed by atoms with Crippen LogP contribution in [0, 0.1) is 6.92 Å². The fourth-order valence-corrected chi connectivity index (χ4v) is 0.771. The van der Waals surface area contributed by atoms with Crippen molar-refractivity contribution in [2.24, 2.45) is 0 Å². The van der Waals surface area contributed by atoms with E-state index in [4.69, 9.17) is 10.8 Å². The number of halogens is 1. The summed E-state index contributed by atoms with van der Waals surface area (Å²) >= 11 is 0. The lowest BCUT2D eigenvalue weighted by molar-refractivity contribution is 0.0692. The lowest BCUT2D eigenvalue weighted by atomic mass is 10.2. The third-order valence-corrected chi connectivity index (χ3v) is 1.26. The number of pyridine rings is 1. The first-order chi connectivity index (χ1) is 5.11. The molecule has 66 valence electrons. The smallest absolute Gasteiger partial charge is 0.356 e. The Morgan fingerprint density at radius 2 is 2.25 bits per heavy atom. The van der Waals surface area contributed by atoms with Crippen LogP contribution in [0.4, 0.5) is 5.69 Å². The summed E-state index contributed by atoms with van der Waals surface area (Å²) < 4.78 is 0. The molecule has 0 spiro atoms. The number of anilines is 1. The second kappa shape index (κ2) is 3.92. The standard InChI is InChI=1S/C7H8N2O2.ClH/c1-4-2-5(8)6(7(10)11)9-3-4;/h2-3H,8H2,1H3,(H,10,11);1H. The second-order valence-electron chi connectivity index (χ2n) is 2.26. The molecule has 1 heterocycles. The van der Waals surface area contributed by atoms with Crippen LogP contribution < -0.4 is 5.73 Å². The topological polar surface area (TPSA) is 76.2 Å². The van der Waals surface area contributed by atoms with Crippen LogP contribution in [0.3, 0.4) is 0 Å². The van der Waals surface area contributed by atoms with Crippen LogP contribution in [0.1, 0.15) is 16.1 Å². The normalized spacial score (nSPS) is 8.75. The second-order valence-corrected chi connectivity index (χ2v) is 2.26. The van der Waals surface area contributed by atoms with Gasteiger partial charge < -0.3 is 10.8 Å². The number of aryl methyl sites for hydroxylation is 1. The molecule has 0 unspecified atom stereocenters. The van der Waals surface area contributed by atoms with E-state index in [0.29, 0.717) is 0 Å². The molecule has 5 heteroatoms. The molecule has 0 bridgehead atoms. The van der Waals surface area contributed by atoms with Gasteiger partial charge in [-0.15, -0.1) is 12.4 Å². The number of carboxylic acid groups (broad SMARTS) is 1. The molecule has 1 aromatic rings. The Labute approximate surface area is 75.8 Å². The van der Waals surface area contributed by atoms with Crippen molar-refractivity contribution in [1.29, 1.82) is 0 Å². The summed E-state index contributed by atoms with van der Waals surface area (Å²) in [4.78, 5) is 14.0. The minimum Gasteiger partial charge on any atom is -0.476 e. The molecular formula is C7H9ClN2O2. The number of aromatic nitrogens is 1. The van der Waals surface area contributed by atoms with Crippen molar-refractivity contribution in [3.05, 3.63) is 23.5 Å². The molecule has 12 heavy (non-hydrogen) atoms. The summed E-state index contributed by atoms with van der Waals surface area (Å²) in [6.07, 6.45) is 1.47. The van der Waals surface area contributed by atoms with Gasteiger partial charge in [-0.3, -0.25) is 0 Å². The van der Waals surface area contributed by atoms with E-state index in [9.17, 15) is 4.79 Å². The molecule has 0 aliphatic rings. The Kier molecular flexibility index (Phi) is 3.50. The largest absolute Gasteiger partial charge is 0.476 e. The molecule has 4 nitrogen and oxygen atoms in total. The highest BCUT2D eigenvalue weighted by Crippen LogP contribution is 2.09. The maximum atomic E-state index is 10.4. The lowest BCUT2D eigenvalue weighted by Gasteiger charge is -1.98. The first-order valence-corrected chi connectivity index (χ1v) is 3.06. The predicted octanol–water partition coefficient (Wildman–Crippen LogP) is 1.09. The van der Waals surface area contributed by atoms with Crippen molar-refractivity contribution in [1.82, 2.24) is 4.98 Å². The molecule has 0 aliphatic carbocycles. The van der Waals surface area contributed by atoms with Crippen LogP contribution in [0.15, 0.2) is 12.3 Å². The minimum atomic E-state index is -1.09. The van der Waals surface area contributed by atoms with E-state index in [2.05, 4.69) is 4.98 Å². The van der Waals surface area contributed by atoms with E-state index in [1.807, 2.05) is 0 Å². The first kappa shape index (κ1) is 10.7. The highest BCUT2D eigenvalue weighted by molar-refractivity contribution is 5.91. The predicted molar refractivity (Wildman–Crippen MR) is 47.6 cm³/mol. The monoisotopic (exact) mass is 188 g/mol. The highest BCUT2D eigenvalue weighted by Gasteiger charge is 2.07. The fourth-order valence-electron chi connectivity index (χ4n) is 0.771. The number of rotatable bonds is 1. The number of aromatic carboxylic acids is 1. The fraction of sp³-hybridized carbons (Fsp3) is 0.143. The SMILES string of the molecule is Cc1cnc(C(=O)O)c(N)c1.Cl. The van der Waals surface area contributed by atoms with E-state index < -0.39 is 5.97 Å². The van der Waals surface area contributed by atoms with Gasteiger partial charge in [0.25, 0.3) is 0 Å². The van der Waals surface area contributed by atoms with Gasteiger partial charge in [-0.2, -0.15) is 0 Å². The number of nitrogens with two attached hydrogens (primary N) is 1. The number of carboxylic acids is 1. The Balaban J connectivity index is 0.00000121. The van der Waals surface area contributed by atoms with E-state index in [0.717, 1.165) is 5.56 Å². The lowest BCUT2D eigenvalue weighted by Crippen LogP contribution is -2.05. The zero-order valence-corrected chi connectivity index (χ0v) is 7.26. The van der Waals surface area contributed by atoms with Crippen LogP contribution in [0.2, 0.25) is 0 Å². The van der Waals surface area contributed by atoms with Gasteiger partial charge in [0.1, 0.15) is 0 Å². The summed E-state index contributed by atoms with van der Waals surface area (Å²) in [5.41, 5.74) is 6.35. The Morgan fingerprint density at radius 3 is 2.67 bits per heavy atom. The molecule has 0 fully saturated rings. The molecule has 1 rings (SSSR count). The molecule has 1 aromatic heterocycles. The average molecular weight is 189 g/mol. The van der Waals surface area contributed by atoms with E-state index >= 15 is 0 Å². The maximum Gasteiger partial charge on any atom is 0.356 e. The van der Waals surface area contributed by atoms with Gasteiger partial charge in [0.15, 0.2) is 5.69 Å². The van der Waals surface area contributed by atoms with Crippen LogP contribution in [-0.4, -0.2) is 16.1 Å². The average Bonchev–Trinajstić information content (AvgIpc) is 1.85. The van der Waals surface area contributed by atoms with E-state index in [-0.39, 0.29) is 23.8 Å². The number of nitrogens with zero attached hydrogens (tertiary/aromatic N) is 1. The molecular weight excluding hydrogens is 180 g/mol. The molecule has 0 saturated carbocycles. The number of carbonyl (C=O) groups is 1. The molecule has 0 aromatic carbocycles. The molecule has 0 radical (unpaired) electrons. The quantitative estimate of drug-likeness (QED) is 0.692. The minimum absolute atomic E-state index is 0. The zero-order chi connectivity index (χ0) is 8.43. The van der Waals surface area contributed by atoms with Crippen LogP contribution in [0.5, 0.6) is 0 Å². The third-order valence-electron chi connectivity index (χ3n) is 1.26. The molecule has 0 amide bonds. The van der Waals surface area contributed by atoms with Gasteiger partial charge in [0, 0.05) is 6.20 Å². The third kappa shape index (κ3) is 2.10. The summed E-state index contributed by atoms with van der Waals surface area (Å²) in [5.74, 6) is -1.09. The molecule has 0 aliphatic heterocycles. The number of hydrogen-bond acceptors (Lipinski definition) is 3. The highest BCUT2D eigenvalue weighted by atomic mass is 35.5. The van der Waals surface area contributed by atoms with Crippen molar-refractivity contribution in [2.75, 3.05) is 5.73 Å². The van der Waals surface area contributed by atoms with E-state index in [1.54, 1.807) is 13.0 Å². The van der Waals surface area contributed by atoms with Gasteiger partial charge in [-0.1, -0.05) is 0 Å². The van der Waals surface area contributed by atoms with Gasteiger partial charge in [0.05, 0.1) is 5.69 Å². The molecule has 3 N–H and O–H groups in total. The van der Waals surface area contributed by atoms with Crippen LogP contribution >= 0.6 is 12.4 Å². The van der Waals surface area contributed by atoms with Gasteiger partial charge in [0.2, 0.25) is 0 Å². The number of nitrogen functional groups attached to an aromatic ring is 1. The van der Waals surface area contributed by atoms with Crippen molar-refractivity contribution in [3.8, 4) is 0 Å². The number of hydrogen-bond donors (Lipinski definition) is 2. The van der Waals surface area contributed by atoms with Crippen molar-refractivity contribution >= 4 is 24.1 Å². The Bertz CT molecular complexity index is 301. The summed E-state index contributed by atoms with van der Waals surface area (Å²) in [5, 5.41) is 8.51. The van der Waals surface area contributed by atoms with Crippen molar-refractivity contribution in [2.45, 2.75) is 6.92 Å². The molecule has 0 atom stereocenters. The van der Waals surface area contributed by atoms with Gasteiger partial charge in [-0.25, -0.2) is 9.78 Å². The van der Waals surface area contributed by atoms with Crippen LogP contribution in [0.25, 0.3) is 0 Å². The van der Waals surface area contributed by atoms with Gasteiger partial charge in [-0.05, 0) is 18.6 Å². The molecule has 0 saturated heterocycles. The summed E-state index contributed by atoms with van der Waals surface area (Å²) in [6.45, 7) is 1.80. The Hall–Kier alpha value is -1.29. The summed E-state index contributed by atoms with van der Waals surface area (Å²) in [7, 11) is 0. The zero-order valence-electron chi connectivity index (χ0n) is 6.44. The maximum absolute atomic E-state index is 10.4. The summed E-state index contributed by atoms with van der Waals surface area (Å²) in [6, 6.07) is 1.58.